The second-order valence-electron chi connectivity index (χ2n) is 7.55. The number of benzene rings is 3. The van der Waals surface area contributed by atoms with Crippen LogP contribution in [0.3, 0.4) is 0 Å². The monoisotopic (exact) mass is 436 g/mol. The molecule has 0 aliphatic heterocycles. The van der Waals surface area contributed by atoms with Gasteiger partial charge in [0.05, 0.1) is 10.9 Å². The quantitative estimate of drug-likeness (QED) is 0.557. The van der Waals surface area contributed by atoms with Crippen molar-refractivity contribution < 1.29 is 13.2 Å². The zero-order chi connectivity index (χ0) is 22.4. The Kier molecular flexibility index (Phi) is 7.25. The van der Waals surface area contributed by atoms with E-state index in [0.29, 0.717) is 12.1 Å². The summed E-state index contributed by atoms with van der Waals surface area (Å²) in [7, 11) is -3.57. The highest BCUT2D eigenvalue weighted by Gasteiger charge is 2.23. The van der Waals surface area contributed by atoms with Crippen LogP contribution in [0, 0.1) is 6.92 Å². The minimum absolute atomic E-state index is 0.112. The first kappa shape index (κ1) is 22.7. The fourth-order valence-electron chi connectivity index (χ4n) is 3.29. The first-order valence-electron chi connectivity index (χ1n) is 10.3. The highest BCUT2D eigenvalue weighted by Crippen LogP contribution is 2.19. The number of amides is 1. The standard InChI is InChI=1S/C25H28N2O3S/c1-4-27(31(29,30)24-8-6-5-7-9-24)18-21-12-16-23(17-13-21)25(28)26-20(3)22-14-10-19(2)11-15-22/h5-17,20H,4,18H2,1-3H3,(H,26,28)/t20-/m0/s1. The summed E-state index contributed by atoms with van der Waals surface area (Å²) in [5, 5.41) is 3.00. The number of sulfonamides is 1. The van der Waals surface area contributed by atoms with Crippen LogP contribution in [0.4, 0.5) is 0 Å². The Morgan fingerprint density at radius 3 is 2.13 bits per heavy atom. The molecule has 1 N–H and O–H groups in total. The van der Waals surface area contributed by atoms with Crippen LogP contribution in [-0.4, -0.2) is 25.2 Å². The first-order chi connectivity index (χ1) is 14.8. The van der Waals surface area contributed by atoms with E-state index in [1.54, 1.807) is 54.6 Å². The van der Waals surface area contributed by atoms with Crippen LogP contribution < -0.4 is 5.32 Å². The van der Waals surface area contributed by atoms with Gasteiger partial charge in [-0.3, -0.25) is 4.79 Å². The largest absolute Gasteiger partial charge is 0.346 e. The lowest BCUT2D eigenvalue weighted by Gasteiger charge is -2.21. The molecule has 6 heteroatoms. The Bertz CT molecular complexity index is 1110. The van der Waals surface area contributed by atoms with E-state index in [4.69, 9.17) is 0 Å². The van der Waals surface area contributed by atoms with E-state index in [1.165, 1.54) is 9.87 Å². The molecule has 0 spiro atoms. The van der Waals surface area contributed by atoms with Gasteiger partial charge in [0.15, 0.2) is 0 Å². The van der Waals surface area contributed by atoms with Crippen molar-refractivity contribution >= 4 is 15.9 Å². The topological polar surface area (TPSA) is 66.5 Å². The molecule has 162 valence electrons. The van der Waals surface area contributed by atoms with Gasteiger partial charge in [-0.2, -0.15) is 4.31 Å². The number of rotatable bonds is 8. The van der Waals surface area contributed by atoms with Crippen molar-refractivity contribution in [2.24, 2.45) is 0 Å². The van der Waals surface area contributed by atoms with Gasteiger partial charge in [-0.05, 0) is 49.2 Å². The fraction of sp³-hybridized carbons (Fsp3) is 0.240. The minimum Gasteiger partial charge on any atom is -0.346 e. The molecule has 3 aromatic carbocycles. The molecule has 0 unspecified atom stereocenters. The van der Waals surface area contributed by atoms with Crippen molar-refractivity contribution in [3.63, 3.8) is 0 Å². The zero-order valence-corrected chi connectivity index (χ0v) is 18.9. The van der Waals surface area contributed by atoms with Gasteiger partial charge in [0.1, 0.15) is 0 Å². The Labute approximate surface area is 184 Å². The van der Waals surface area contributed by atoms with E-state index in [1.807, 2.05) is 45.0 Å². The van der Waals surface area contributed by atoms with E-state index < -0.39 is 10.0 Å². The molecule has 5 nitrogen and oxygen atoms in total. The van der Waals surface area contributed by atoms with Crippen LogP contribution in [0.5, 0.6) is 0 Å². The maximum atomic E-state index is 12.9. The Hall–Kier alpha value is -2.96. The van der Waals surface area contributed by atoms with Crippen molar-refractivity contribution in [1.82, 2.24) is 9.62 Å². The highest BCUT2D eigenvalue weighted by molar-refractivity contribution is 7.89. The highest BCUT2D eigenvalue weighted by atomic mass is 32.2. The molecule has 0 aliphatic rings. The van der Waals surface area contributed by atoms with E-state index in [0.717, 1.165) is 11.1 Å². The molecule has 0 saturated heterocycles. The summed E-state index contributed by atoms with van der Waals surface area (Å²) in [6.45, 7) is 6.39. The predicted octanol–water partition coefficient (Wildman–Crippen LogP) is 4.70. The number of nitrogens with one attached hydrogen (secondary N) is 1. The third kappa shape index (κ3) is 5.60. The third-order valence-electron chi connectivity index (χ3n) is 5.23. The van der Waals surface area contributed by atoms with Gasteiger partial charge in [0.2, 0.25) is 10.0 Å². The van der Waals surface area contributed by atoms with Crippen molar-refractivity contribution in [1.29, 1.82) is 0 Å². The van der Waals surface area contributed by atoms with Gasteiger partial charge in [0.25, 0.3) is 5.91 Å². The lowest BCUT2D eigenvalue weighted by molar-refractivity contribution is 0.0940. The van der Waals surface area contributed by atoms with Crippen LogP contribution in [0.2, 0.25) is 0 Å². The predicted molar refractivity (Wildman–Crippen MR) is 123 cm³/mol. The molecule has 0 bridgehead atoms. The SMILES string of the molecule is CCN(Cc1ccc(C(=O)N[C@@H](C)c2ccc(C)cc2)cc1)S(=O)(=O)c1ccccc1. The second-order valence-corrected chi connectivity index (χ2v) is 9.48. The summed E-state index contributed by atoms with van der Waals surface area (Å²) >= 11 is 0. The van der Waals surface area contributed by atoms with Gasteiger partial charge in [-0.1, -0.05) is 67.1 Å². The van der Waals surface area contributed by atoms with Crippen molar-refractivity contribution in [2.75, 3.05) is 6.54 Å². The van der Waals surface area contributed by atoms with Crippen LogP contribution in [0.1, 0.15) is 46.9 Å². The van der Waals surface area contributed by atoms with Crippen molar-refractivity contribution in [3.05, 3.63) is 101 Å². The molecule has 0 radical (unpaired) electrons. The lowest BCUT2D eigenvalue weighted by atomic mass is 10.1. The number of carbonyl (C=O) groups excluding carboxylic acids is 1. The molecule has 3 aromatic rings. The zero-order valence-electron chi connectivity index (χ0n) is 18.1. The number of hydrogen-bond donors (Lipinski definition) is 1. The molecule has 0 aromatic heterocycles. The number of aryl methyl sites for hydroxylation is 1. The summed E-state index contributed by atoms with van der Waals surface area (Å²) in [6.07, 6.45) is 0. The minimum atomic E-state index is -3.57. The van der Waals surface area contributed by atoms with Crippen LogP contribution in [0.15, 0.2) is 83.8 Å². The van der Waals surface area contributed by atoms with Gasteiger partial charge in [0, 0.05) is 18.7 Å². The molecule has 1 amide bonds. The maximum absolute atomic E-state index is 12.9. The second kappa shape index (κ2) is 9.90. The third-order valence-corrected chi connectivity index (χ3v) is 7.17. The van der Waals surface area contributed by atoms with Gasteiger partial charge in [-0.15, -0.1) is 0 Å². The maximum Gasteiger partial charge on any atom is 0.251 e. The summed E-state index contributed by atoms with van der Waals surface area (Å²) in [5.41, 5.74) is 3.58. The molecule has 3 rings (SSSR count). The van der Waals surface area contributed by atoms with Crippen molar-refractivity contribution in [2.45, 2.75) is 38.3 Å². The lowest BCUT2D eigenvalue weighted by Crippen LogP contribution is -2.30. The van der Waals surface area contributed by atoms with E-state index >= 15 is 0 Å². The van der Waals surface area contributed by atoms with Crippen LogP contribution in [-0.2, 0) is 16.6 Å². The Morgan fingerprint density at radius 1 is 0.935 bits per heavy atom. The summed E-state index contributed by atoms with van der Waals surface area (Å²) in [5.74, 6) is -0.163. The normalized spacial score (nSPS) is 12.5. The number of hydrogen-bond acceptors (Lipinski definition) is 3. The van der Waals surface area contributed by atoms with E-state index in [2.05, 4.69) is 5.32 Å². The molecule has 31 heavy (non-hydrogen) atoms. The van der Waals surface area contributed by atoms with Crippen molar-refractivity contribution in [3.8, 4) is 0 Å². The molecule has 0 saturated carbocycles. The average molecular weight is 437 g/mol. The fourth-order valence-corrected chi connectivity index (χ4v) is 4.75. The number of nitrogens with zero attached hydrogens (tertiary/aromatic N) is 1. The number of carbonyl (C=O) groups is 1. The summed E-state index contributed by atoms with van der Waals surface area (Å²) in [4.78, 5) is 12.9. The van der Waals surface area contributed by atoms with E-state index in [-0.39, 0.29) is 23.4 Å². The Balaban J connectivity index is 1.67. The molecule has 0 heterocycles. The van der Waals surface area contributed by atoms with Gasteiger partial charge < -0.3 is 5.32 Å². The molecule has 0 fully saturated rings. The summed E-state index contributed by atoms with van der Waals surface area (Å²) < 4.78 is 27.2. The summed E-state index contributed by atoms with van der Waals surface area (Å²) in [6, 6.07) is 23.4. The van der Waals surface area contributed by atoms with Gasteiger partial charge >= 0.3 is 0 Å². The smallest absolute Gasteiger partial charge is 0.251 e. The van der Waals surface area contributed by atoms with Crippen LogP contribution in [0.25, 0.3) is 0 Å². The van der Waals surface area contributed by atoms with Gasteiger partial charge in [-0.25, -0.2) is 8.42 Å². The molecular weight excluding hydrogens is 408 g/mol. The molecular formula is C25H28N2O3S. The Morgan fingerprint density at radius 2 is 1.55 bits per heavy atom. The van der Waals surface area contributed by atoms with E-state index in [9.17, 15) is 13.2 Å². The average Bonchev–Trinajstić information content (AvgIpc) is 2.78. The molecule has 1 atom stereocenters. The first-order valence-corrected chi connectivity index (χ1v) is 11.8. The van der Waals surface area contributed by atoms with Crippen LogP contribution >= 0.6 is 0 Å². The molecule has 0 aliphatic carbocycles.